The molecular formula is C12H17N3OS. The van der Waals surface area contributed by atoms with Crippen LogP contribution in [0.5, 0.6) is 0 Å². The van der Waals surface area contributed by atoms with Gasteiger partial charge in [0.15, 0.2) is 10.4 Å². The van der Waals surface area contributed by atoms with Crippen molar-refractivity contribution in [2.75, 3.05) is 13.7 Å². The Kier molecular flexibility index (Phi) is 3.59. The Labute approximate surface area is 106 Å². The number of aromatic nitrogens is 3. The smallest absolute Gasteiger partial charge is 0.179 e. The van der Waals surface area contributed by atoms with E-state index in [0.717, 1.165) is 23.1 Å². The third-order valence-electron chi connectivity index (χ3n) is 2.89. The molecule has 2 rings (SSSR count). The van der Waals surface area contributed by atoms with Gasteiger partial charge in [0, 0.05) is 13.3 Å². The number of aromatic amines is 1. The van der Waals surface area contributed by atoms with Gasteiger partial charge in [-0.2, -0.15) is 0 Å². The predicted molar refractivity (Wildman–Crippen MR) is 70.9 cm³/mol. The number of H-pyrrole nitrogens is 1. The molecule has 2 aromatic heterocycles. The van der Waals surface area contributed by atoms with Gasteiger partial charge in [-0.15, -0.1) is 0 Å². The fourth-order valence-corrected chi connectivity index (χ4v) is 2.37. The maximum atomic E-state index is 5.36. The summed E-state index contributed by atoms with van der Waals surface area (Å²) in [4.78, 5) is 7.66. The standard InChI is InChI=1S/C12H17N3OS/c1-4-9(7-16-3)15-11-10(14-12(15)17)5-8(2)6-13-11/h5-6,9H,4,7H2,1-3H3,(H,14,17). The first-order chi connectivity index (χ1) is 8.17. The second-order valence-corrected chi connectivity index (χ2v) is 4.59. The van der Waals surface area contributed by atoms with Crippen molar-refractivity contribution in [2.24, 2.45) is 0 Å². The Hall–Kier alpha value is -1.20. The topological polar surface area (TPSA) is 42.8 Å². The molecule has 0 aliphatic heterocycles. The highest BCUT2D eigenvalue weighted by molar-refractivity contribution is 7.71. The molecule has 0 amide bonds. The minimum absolute atomic E-state index is 0.233. The number of hydrogen-bond donors (Lipinski definition) is 1. The van der Waals surface area contributed by atoms with Crippen molar-refractivity contribution in [3.8, 4) is 0 Å². The SMILES string of the molecule is CCC(COC)n1c(=S)[nH]c2cc(C)cnc21. The summed E-state index contributed by atoms with van der Waals surface area (Å²) in [5, 5.41) is 0. The summed E-state index contributed by atoms with van der Waals surface area (Å²) in [6.45, 7) is 4.79. The van der Waals surface area contributed by atoms with Crippen LogP contribution in [0, 0.1) is 11.7 Å². The van der Waals surface area contributed by atoms with Crippen LogP contribution >= 0.6 is 12.2 Å². The first-order valence-corrected chi connectivity index (χ1v) is 6.14. The molecule has 2 aromatic rings. The molecule has 2 heterocycles. The number of pyridine rings is 1. The highest BCUT2D eigenvalue weighted by atomic mass is 32.1. The van der Waals surface area contributed by atoms with Crippen LogP contribution in [0.15, 0.2) is 12.3 Å². The third kappa shape index (κ3) is 2.25. The summed E-state index contributed by atoms with van der Waals surface area (Å²) in [6.07, 6.45) is 2.83. The van der Waals surface area contributed by atoms with E-state index in [9.17, 15) is 0 Å². The fourth-order valence-electron chi connectivity index (χ4n) is 2.02. The number of aryl methyl sites for hydroxylation is 1. The molecule has 17 heavy (non-hydrogen) atoms. The average Bonchev–Trinajstić information content (AvgIpc) is 2.61. The van der Waals surface area contributed by atoms with Crippen LogP contribution in [0.3, 0.4) is 0 Å². The van der Waals surface area contributed by atoms with E-state index >= 15 is 0 Å². The Morgan fingerprint density at radius 2 is 2.35 bits per heavy atom. The van der Waals surface area contributed by atoms with Crippen LogP contribution in [-0.4, -0.2) is 28.3 Å². The lowest BCUT2D eigenvalue weighted by Gasteiger charge is -2.16. The van der Waals surface area contributed by atoms with Gasteiger partial charge in [0.25, 0.3) is 0 Å². The fraction of sp³-hybridized carbons (Fsp3) is 0.500. The van der Waals surface area contributed by atoms with Gasteiger partial charge in [-0.1, -0.05) is 6.92 Å². The molecule has 5 heteroatoms. The monoisotopic (exact) mass is 251 g/mol. The summed E-state index contributed by atoms with van der Waals surface area (Å²) >= 11 is 5.36. The molecule has 0 fully saturated rings. The van der Waals surface area contributed by atoms with E-state index < -0.39 is 0 Å². The van der Waals surface area contributed by atoms with Gasteiger partial charge >= 0.3 is 0 Å². The minimum atomic E-state index is 0.233. The number of methoxy groups -OCH3 is 1. The van der Waals surface area contributed by atoms with Crippen molar-refractivity contribution in [2.45, 2.75) is 26.3 Å². The number of imidazole rings is 1. The molecule has 0 aliphatic carbocycles. The molecule has 0 spiro atoms. The molecule has 0 radical (unpaired) electrons. The second-order valence-electron chi connectivity index (χ2n) is 4.20. The maximum Gasteiger partial charge on any atom is 0.179 e. The van der Waals surface area contributed by atoms with Gasteiger partial charge in [-0.05, 0) is 37.2 Å². The number of nitrogens with one attached hydrogen (secondary N) is 1. The van der Waals surface area contributed by atoms with Crippen molar-refractivity contribution in [3.63, 3.8) is 0 Å². The van der Waals surface area contributed by atoms with Gasteiger partial charge in [0.05, 0.1) is 18.2 Å². The molecule has 1 unspecified atom stereocenters. The quantitative estimate of drug-likeness (QED) is 0.849. The lowest BCUT2D eigenvalue weighted by molar-refractivity contribution is 0.154. The normalized spacial score (nSPS) is 13.1. The van der Waals surface area contributed by atoms with Crippen molar-refractivity contribution in [3.05, 3.63) is 22.6 Å². The molecule has 92 valence electrons. The molecule has 0 saturated carbocycles. The van der Waals surface area contributed by atoms with E-state index in [2.05, 4.69) is 23.0 Å². The van der Waals surface area contributed by atoms with Crippen molar-refractivity contribution >= 4 is 23.4 Å². The van der Waals surface area contributed by atoms with Crippen LogP contribution in [0.4, 0.5) is 0 Å². The van der Waals surface area contributed by atoms with E-state index in [1.54, 1.807) is 7.11 Å². The van der Waals surface area contributed by atoms with E-state index in [-0.39, 0.29) is 6.04 Å². The third-order valence-corrected chi connectivity index (χ3v) is 3.19. The Balaban J connectivity index is 2.59. The second kappa shape index (κ2) is 4.98. The van der Waals surface area contributed by atoms with Gasteiger partial charge in [0.1, 0.15) is 0 Å². The summed E-state index contributed by atoms with van der Waals surface area (Å²) in [5.74, 6) is 0. The first-order valence-electron chi connectivity index (χ1n) is 5.73. The zero-order valence-electron chi connectivity index (χ0n) is 10.4. The molecule has 0 aromatic carbocycles. The molecular weight excluding hydrogens is 234 g/mol. The van der Waals surface area contributed by atoms with Crippen LogP contribution in [0.2, 0.25) is 0 Å². The van der Waals surface area contributed by atoms with Crippen LogP contribution in [0.1, 0.15) is 24.9 Å². The van der Waals surface area contributed by atoms with E-state index in [1.807, 2.05) is 17.7 Å². The van der Waals surface area contributed by atoms with Crippen LogP contribution < -0.4 is 0 Å². The van der Waals surface area contributed by atoms with Gasteiger partial charge in [0.2, 0.25) is 0 Å². The van der Waals surface area contributed by atoms with Crippen molar-refractivity contribution < 1.29 is 4.74 Å². The number of rotatable bonds is 4. The summed E-state index contributed by atoms with van der Waals surface area (Å²) in [6, 6.07) is 2.30. The van der Waals surface area contributed by atoms with Crippen LogP contribution in [-0.2, 0) is 4.74 Å². The minimum Gasteiger partial charge on any atom is -0.383 e. The van der Waals surface area contributed by atoms with E-state index in [1.165, 1.54) is 0 Å². The first kappa shape index (κ1) is 12.3. The summed E-state index contributed by atoms with van der Waals surface area (Å²) in [7, 11) is 1.71. The largest absolute Gasteiger partial charge is 0.383 e. The number of ether oxygens (including phenoxy) is 1. The zero-order chi connectivity index (χ0) is 12.4. The van der Waals surface area contributed by atoms with Crippen LogP contribution in [0.25, 0.3) is 11.2 Å². The Morgan fingerprint density at radius 1 is 1.59 bits per heavy atom. The molecule has 1 atom stereocenters. The number of fused-ring (bicyclic) bond motifs is 1. The number of hydrogen-bond acceptors (Lipinski definition) is 3. The molecule has 0 aliphatic rings. The molecule has 4 nitrogen and oxygen atoms in total. The van der Waals surface area contributed by atoms with E-state index in [0.29, 0.717) is 11.4 Å². The van der Waals surface area contributed by atoms with Gasteiger partial charge < -0.3 is 9.72 Å². The highest BCUT2D eigenvalue weighted by Gasteiger charge is 2.14. The highest BCUT2D eigenvalue weighted by Crippen LogP contribution is 2.20. The Bertz CT molecular complexity index is 573. The lowest BCUT2D eigenvalue weighted by atomic mass is 10.2. The summed E-state index contributed by atoms with van der Waals surface area (Å²) in [5.41, 5.74) is 3.02. The van der Waals surface area contributed by atoms with Crippen molar-refractivity contribution in [1.82, 2.24) is 14.5 Å². The average molecular weight is 251 g/mol. The maximum absolute atomic E-state index is 5.36. The molecule has 0 bridgehead atoms. The van der Waals surface area contributed by atoms with Crippen molar-refractivity contribution in [1.29, 1.82) is 0 Å². The predicted octanol–water partition coefficient (Wildman–Crippen LogP) is 3.00. The Morgan fingerprint density at radius 3 is 3.00 bits per heavy atom. The summed E-state index contributed by atoms with van der Waals surface area (Å²) < 4.78 is 8.00. The van der Waals surface area contributed by atoms with E-state index in [4.69, 9.17) is 17.0 Å². The lowest BCUT2D eigenvalue weighted by Crippen LogP contribution is -2.14. The zero-order valence-corrected chi connectivity index (χ0v) is 11.2. The molecule has 0 saturated heterocycles. The molecule has 1 N–H and O–H groups in total. The number of nitrogens with zero attached hydrogens (tertiary/aromatic N) is 2. The van der Waals surface area contributed by atoms with Gasteiger partial charge in [-0.25, -0.2) is 4.98 Å². The van der Waals surface area contributed by atoms with Gasteiger partial charge in [-0.3, -0.25) is 4.57 Å².